The Balaban J connectivity index is 1.57. The summed E-state index contributed by atoms with van der Waals surface area (Å²) >= 11 is 0. The van der Waals surface area contributed by atoms with Gasteiger partial charge < -0.3 is 54.3 Å². The maximum atomic E-state index is 12.2. The van der Waals surface area contributed by atoms with Crippen molar-refractivity contribution in [2.75, 3.05) is 19.8 Å². The van der Waals surface area contributed by atoms with Gasteiger partial charge in [-0.25, -0.2) is 4.79 Å². The van der Waals surface area contributed by atoms with Crippen molar-refractivity contribution in [2.45, 2.75) is 100 Å². The van der Waals surface area contributed by atoms with E-state index in [1.165, 1.54) is 6.08 Å². The lowest BCUT2D eigenvalue weighted by molar-refractivity contribution is -0.383. The van der Waals surface area contributed by atoms with Gasteiger partial charge in [0.25, 0.3) is 0 Å². The first-order valence-corrected chi connectivity index (χ1v) is 14.2. The number of carbonyl (C=O) groups is 2. The van der Waals surface area contributed by atoms with Crippen LogP contribution in [0.4, 0.5) is 0 Å². The fourth-order valence-corrected chi connectivity index (χ4v) is 4.67. The molecule has 2 heterocycles. The topological polar surface area (TPSA) is 202 Å². The quantitative estimate of drug-likeness (QED) is 0.0880. The predicted octanol–water partition coefficient (Wildman–Crippen LogP) is -0.220. The number of esters is 2. The number of hydrogen-bond donors (Lipinski definition) is 6. The first-order chi connectivity index (χ1) is 20.1. The second-order valence-electron chi connectivity index (χ2n) is 10.4. The third kappa shape index (κ3) is 9.02. The summed E-state index contributed by atoms with van der Waals surface area (Å²) in [4.78, 5) is 24.2. The number of benzene rings is 1. The number of rotatable bonds is 15. The van der Waals surface area contributed by atoms with E-state index in [1.807, 2.05) is 6.07 Å². The second-order valence-corrected chi connectivity index (χ2v) is 10.4. The average Bonchev–Trinajstić information content (AvgIpc) is 3.23. The predicted molar refractivity (Wildman–Crippen MR) is 145 cm³/mol. The third-order valence-corrected chi connectivity index (χ3v) is 7.20. The Bertz CT molecular complexity index is 1000. The van der Waals surface area contributed by atoms with Crippen LogP contribution in [-0.4, -0.2) is 117 Å². The molecule has 2 aliphatic heterocycles. The summed E-state index contributed by atoms with van der Waals surface area (Å²) in [6.07, 6.45) is -5.89. The smallest absolute Gasteiger partial charge is 0.330 e. The molecule has 1 aromatic carbocycles. The Hall–Kier alpha value is -2.46. The second kappa shape index (κ2) is 16.4. The maximum Gasteiger partial charge on any atom is 0.330 e. The highest BCUT2D eigenvalue weighted by molar-refractivity contribution is 5.87. The molecule has 0 aliphatic carbocycles. The molecule has 9 atom stereocenters. The van der Waals surface area contributed by atoms with E-state index in [4.69, 9.17) is 23.7 Å². The van der Waals surface area contributed by atoms with Gasteiger partial charge in [0.15, 0.2) is 6.29 Å². The molecule has 2 saturated heterocycles. The third-order valence-electron chi connectivity index (χ3n) is 7.20. The van der Waals surface area contributed by atoms with Crippen LogP contribution in [0.5, 0.6) is 0 Å². The van der Waals surface area contributed by atoms with E-state index in [0.29, 0.717) is 6.42 Å². The summed E-state index contributed by atoms with van der Waals surface area (Å²) in [5.41, 5.74) is 0.748. The fraction of sp³-hybridized carbons (Fsp3) is 0.655. The van der Waals surface area contributed by atoms with Crippen LogP contribution in [0, 0.1) is 0 Å². The van der Waals surface area contributed by atoms with Crippen molar-refractivity contribution in [1.82, 2.24) is 0 Å². The monoisotopic (exact) mass is 598 g/mol. The molecular formula is C29H42O13. The van der Waals surface area contributed by atoms with E-state index in [1.54, 1.807) is 24.3 Å². The van der Waals surface area contributed by atoms with Gasteiger partial charge in [0, 0.05) is 12.5 Å². The molecule has 0 bridgehead atoms. The summed E-state index contributed by atoms with van der Waals surface area (Å²) in [5.74, 6) is -3.63. The Morgan fingerprint density at radius 2 is 1.57 bits per heavy atom. The van der Waals surface area contributed by atoms with Crippen molar-refractivity contribution in [3.8, 4) is 0 Å². The van der Waals surface area contributed by atoms with Crippen molar-refractivity contribution in [2.24, 2.45) is 0 Å². The molecule has 0 amide bonds. The molecule has 0 spiro atoms. The van der Waals surface area contributed by atoms with Crippen LogP contribution in [0.2, 0.25) is 0 Å². The van der Waals surface area contributed by atoms with Crippen molar-refractivity contribution in [1.29, 1.82) is 0 Å². The maximum absolute atomic E-state index is 12.2. The minimum atomic E-state index is -2.34. The molecule has 2 aliphatic rings. The van der Waals surface area contributed by atoms with Crippen molar-refractivity contribution in [3.05, 3.63) is 42.0 Å². The molecule has 13 nitrogen and oxygen atoms in total. The summed E-state index contributed by atoms with van der Waals surface area (Å²) in [5, 5.41) is 62.5. The van der Waals surface area contributed by atoms with Crippen molar-refractivity contribution in [3.63, 3.8) is 0 Å². The molecule has 13 heteroatoms. The van der Waals surface area contributed by atoms with Gasteiger partial charge in [-0.15, -0.1) is 0 Å². The number of aliphatic hydroxyl groups is 6. The van der Waals surface area contributed by atoms with Crippen LogP contribution < -0.4 is 0 Å². The molecule has 1 aromatic rings. The zero-order valence-electron chi connectivity index (χ0n) is 23.6. The van der Waals surface area contributed by atoms with Gasteiger partial charge in [-0.05, 0) is 18.1 Å². The lowest BCUT2D eigenvalue weighted by atomic mass is 9.99. The van der Waals surface area contributed by atoms with E-state index in [0.717, 1.165) is 37.3 Å². The number of carbonyl (C=O) groups excluding carboxylic acids is 2. The van der Waals surface area contributed by atoms with Gasteiger partial charge in [0.1, 0.15) is 62.5 Å². The van der Waals surface area contributed by atoms with Gasteiger partial charge in [0.05, 0.1) is 0 Å². The van der Waals surface area contributed by atoms with Gasteiger partial charge in [0.2, 0.25) is 5.79 Å². The molecule has 0 aromatic heterocycles. The molecule has 0 unspecified atom stereocenters. The number of ether oxygens (including phenoxy) is 5. The molecule has 236 valence electrons. The summed E-state index contributed by atoms with van der Waals surface area (Å²) in [7, 11) is 0. The average molecular weight is 599 g/mol. The van der Waals surface area contributed by atoms with Crippen LogP contribution in [0.15, 0.2) is 36.4 Å². The molecule has 3 rings (SSSR count). The number of hydrogen-bond acceptors (Lipinski definition) is 13. The lowest BCUT2D eigenvalue weighted by Gasteiger charge is -2.43. The molecule has 2 fully saturated rings. The molecule has 0 saturated carbocycles. The normalized spacial score (nSPS) is 33.1. The van der Waals surface area contributed by atoms with E-state index >= 15 is 0 Å². The number of unbranched alkanes of at least 4 members (excludes halogenated alkanes) is 4. The zero-order valence-corrected chi connectivity index (χ0v) is 23.6. The van der Waals surface area contributed by atoms with Crippen molar-refractivity contribution < 1.29 is 63.9 Å². The molecular weight excluding hydrogens is 556 g/mol. The van der Waals surface area contributed by atoms with E-state index < -0.39 is 86.6 Å². The van der Waals surface area contributed by atoms with E-state index in [2.05, 4.69) is 6.92 Å². The van der Waals surface area contributed by atoms with Gasteiger partial charge in [-0.2, -0.15) is 0 Å². The van der Waals surface area contributed by atoms with Crippen LogP contribution >= 0.6 is 0 Å². The van der Waals surface area contributed by atoms with E-state index in [-0.39, 0.29) is 6.42 Å². The SMILES string of the molecule is CCCCCCCC(=O)OC[C@H]1O[C@@](CO)(O[C@H]2O[C@H](COC(=O)/C=C/c3ccccc3)[C@@H](O)[C@H](O)[C@H]2O)[C@@H](O)[C@@H]1O. The number of aliphatic hydroxyl groups excluding tert-OH is 6. The Morgan fingerprint density at radius 3 is 2.26 bits per heavy atom. The van der Waals surface area contributed by atoms with Gasteiger partial charge >= 0.3 is 11.9 Å². The minimum absolute atomic E-state index is 0.174. The lowest BCUT2D eigenvalue weighted by Crippen LogP contribution is -2.62. The highest BCUT2D eigenvalue weighted by atomic mass is 16.8. The van der Waals surface area contributed by atoms with Crippen LogP contribution in [0.25, 0.3) is 6.08 Å². The molecule has 42 heavy (non-hydrogen) atoms. The largest absolute Gasteiger partial charge is 0.463 e. The highest BCUT2D eigenvalue weighted by Crippen LogP contribution is 2.36. The van der Waals surface area contributed by atoms with E-state index in [9.17, 15) is 40.2 Å². The Morgan fingerprint density at radius 1 is 0.881 bits per heavy atom. The highest BCUT2D eigenvalue weighted by Gasteiger charge is 2.58. The summed E-state index contributed by atoms with van der Waals surface area (Å²) in [6.45, 7) is 0.0716. The Kier molecular flexibility index (Phi) is 13.3. The first kappa shape index (κ1) is 34.0. The standard InChI is InChI=1S/C29H42O13/c1-2-3-4-5-9-12-21(31)39-16-20-24(34)27(37)29(17-30,41-20)42-28-26(36)25(35)23(33)19(40-28)15-38-22(32)14-13-18-10-7-6-8-11-18/h6-8,10-11,13-14,19-20,23-28,30,33-37H,2-5,9,12,15-17H2,1H3/b14-13+/t19-,20-,23-,24-,25+,26-,27+,28-,29+/m1/s1. The molecule has 0 radical (unpaired) electrons. The van der Waals surface area contributed by atoms with Crippen LogP contribution in [0.1, 0.15) is 51.0 Å². The zero-order chi connectivity index (χ0) is 30.7. The fourth-order valence-electron chi connectivity index (χ4n) is 4.67. The van der Waals surface area contributed by atoms with Crippen LogP contribution in [0.3, 0.4) is 0 Å². The minimum Gasteiger partial charge on any atom is -0.463 e. The Labute approximate surface area is 244 Å². The molecule has 6 N–H and O–H groups in total. The van der Waals surface area contributed by atoms with Gasteiger partial charge in [-0.3, -0.25) is 4.79 Å². The first-order valence-electron chi connectivity index (χ1n) is 14.2. The van der Waals surface area contributed by atoms with Gasteiger partial charge in [-0.1, -0.05) is 62.9 Å². The summed E-state index contributed by atoms with van der Waals surface area (Å²) < 4.78 is 26.9. The van der Waals surface area contributed by atoms with Crippen LogP contribution in [-0.2, 0) is 33.3 Å². The summed E-state index contributed by atoms with van der Waals surface area (Å²) in [6, 6.07) is 8.94. The van der Waals surface area contributed by atoms with Crippen molar-refractivity contribution >= 4 is 18.0 Å².